The van der Waals surface area contributed by atoms with Crippen molar-refractivity contribution in [1.82, 2.24) is 5.32 Å². The zero-order chi connectivity index (χ0) is 14.1. The van der Waals surface area contributed by atoms with Crippen molar-refractivity contribution < 1.29 is 14.6 Å². The highest BCUT2D eigenvalue weighted by Gasteiger charge is 2.41. The van der Waals surface area contributed by atoms with Gasteiger partial charge in [-0.05, 0) is 44.4 Å². The van der Waals surface area contributed by atoms with E-state index in [1.54, 1.807) is 0 Å². The van der Waals surface area contributed by atoms with Gasteiger partial charge in [0.1, 0.15) is 0 Å². The van der Waals surface area contributed by atoms with Crippen LogP contribution in [0.2, 0.25) is 0 Å². The van der Waals surface area contributed by atoms with Gasteiger partial charge in [-0.1, -0.05) is 6.92 Å². The number of ether oxygens (including phenoxy) is 2. The number of nitrogens with one attached hydrogen (secondary N) is 1. The van der Waals surface area contributed by atoms with E-state index in [1.165, 1.54) is 0 Å². The summed E-state index contributed by atoms with van der Waals surface area (Å²) in [6.45, 7) is 4.53. The summed E-state index contributed by atoms with van der Waals surface area (Å²) in [4.78, 5) is 0. The summed E-state index contributed by atoms with van der Waals surface area (Å²) in [6.07, 6.45) is 8.37. The van der Waals surface area contributed by atoms with E-state index in [0.29, 0.717) is 6.04 Å². The molecule has 0 radical (unpaired) electrons. The van der Waals surface area contributed by atoms with Crippen LogP contribution in [0.4, 0.5) is 0 Å². The molecule has 1 heterocycles. The lowest BCUT2D eigenvalue weighted by atomic mass is 9.79. The zero-order valence-electron chi connectivity index (χ0n) is 12.7. The summed E-state index contributed by atoms with van der Waals surface area (Å²) in [5.74, 6) is 0.511. The van der Waals surface area contributed by atoms with E-state index in [0.717, 1.165) is 77.0 Å². The Morgan fingerprint density at radius 3 is 2.20 bits per heavy atom. The molecule has 20 heavy (non-hydrogen) atoms. The Balaban J connectivity index is 1.41. The first kappa shape index (κ1) is 14.8. The molecule has 1 aliphatic heterocycles. The SMILES string of the molecule is CC1CCC(O)(CNC2CCC3(CC2)OCCO3)CC1. The Kier molecular flexibility index (Phi) is 4.37. The highest BCUT2D eigenvalue weighted by molar-refractivity contribution is 4.90. The molecule has 1 saturated heterocycles. The zero-order valence-corrected chi connectivity index (χ0v) is 12.7. The third kappa shape index (κ3) is 3.35. The molecule has 4 nitrogen and oxygen atoms in total. The fourth-order valence-electron chi connectivity index (χ4n) is 3.86. The van der Waals surface area contributed by atoms with Crippen LogP contribution in [0.15, 0.2) is 0 Å². The molecule has 0 atom stereocenters. The smallest absolute Gasteiger partial charge is 0.168 e. The number of hydrogen-bond acceptors (Lipinski definition) is 4. The van der Waals surface area contributed by atoms with Crippen LogP contribution in [0.5, 0.6) is 0 Å². The van der Waals surface area contributed by atoms with Crippen LogP contribution in [0.3, 0.4) is 0 Å². The molecule has 0 unspecified atom stereocenters. The monoisotopic (exact) mass is 283 g/mol. The minimum atomic E-state index is -0.470. The van der Waals surface area contributed by atoms with Crippen LogP contribution in [0.1, 0.15) is 58.3 Å². The molecule has 0 aromatic carbocycles. The summed E-state index contributed by atoms with van der Waals surface area (Å²) < 4.78 is 11.5. The first-order valence-electron chi connectivity index (χ1n) is 8.33. The van der Waals surface area contributed by atoms with Crippen molar-refractivity contribution >= 4 is 0 Å². The summed E-state index contributed by atoms with van der Waals surface area (Å²) in [5, 5.41) is 14.2. The van der Waals surface area contributed by atoms with E-state index in [1.807, 2.05) is 0 Å². The van der Waals surface area contributed by atoms with E-state index in [-0.39, 0.29) is 5.79 Å². The van der Waals surface area contributed by atoms with E-state index < -0.39 is 5.60 Å². The van der Waals surface area contributed by atoms with E-state index in [4.69, 9.17) is 9.47 Å². The molecule has 2 aliphatic carbocycles. The Morgan fingerprint density at radius 2 is 1.60 bits per heavy atom. The lowest BCUT2D eigenvalue weighted by Crippen LogP contribution is -2.49. The number of hydrogen-bond donors (Lipinski definition) is 2. The highest BCUT2D eigenvalue weighted by Crippen LogP contribution is 2.36. The van der Waals surface area contributed by atoms with Gasteiger partial charge >= 0.3 is 0 Å². The fraction of sp³-hybridized carbons (Fsp3) is 1.00. The maximum atomic E-state index is 10.6. The quantitative estimate of drug-likeness (QED) is 0.834. The van der Waals surface area contributed by atoms with Crippen LogP contribution in [0, 0.1) is 5.92 Å². The van der Waals surface area contributed by atoms with Crippen molar-refractivity contribution in [3.05, 3.63) is 0 Å². The lowest BCUT2D eigenvalue weighted by Gasteiger charge is -2.39. The predicted molar refractivity (Wildman–Crippen MR) is 77.5 cm³/mol. The summed E-state index contributed by atoms with van der Waals surface area (Å²) in [5.41, 5.74) is -0.470. The van der Waals surface area contributed by atoms with Crippen molar-refractivity contribution in [3.8, 4) is 0 Å². The summed E-state index contributed by atoms with van der Waals surface area (Å²) in [6, 6.07) is 0.511. The van der Waals surface area contributed by atoms with Gasteiger partial charge in [-0.3, -0.25) is 0 Å². The van der Waals surface area contributed by atoms with Crippen molar-refractivity contribution in [3.63, 3.8) is 0 Å². The molecule has 3 fully saturated rings. The Bertz CT molecular complexity index is 310. The molecule has 0 aromatic heterocycles. The highest BCUT2D eigenvalue weighted by atomic mass is 16.7. The summed E-state index contributed by atoms with van der Waals surface area (Å²) in [7, 11) is 0. The molecule has 0 bridgehead atoms. The minimum Gasteiger partial charge on any atom is -0.389 e. The van der Waals surface area contributed by atoms with Gasteiger partial charge in [0.2, 0.25) is 0 Å². The predicted octanol–water partition coefficient (Wildman–Crippen LogP) is 2.20. The maximum Gasteiger partial charge on any atom is 0.168 e. The Labute approximate surface area is 122 Å². The normalized spacial score (nSPS) is 38.4. The van der Waals surface area contributed by atoms with Gasteiger partial charge in [0, 0.05) is 25.4 Å². The van der Waals surface area contributed by atoms with Gasteiger partial charge in [-0.25, -0.2) is 0 Å². The van der Waals surface area contributed by atoms with Crippen LogP contribution >= 0.6 is 0 Å². The number of aliphatic hydroxyl groups is 1. The second kappa shape index (κ2) is 5.91. The first-order valence-corrected chi connectivity index (χ1v) is 8.33. The molecule has 3 rings (SSSR count). The van der Waals surface area contributed by atoms with E-state index >= 15 is 0 Å². The molecule has 1 spiro atoms. The molecule has 2 N–H and O–H groups in total. The number of rotatable bonds is 3. The molecular formula is C16H29NO3. The second-order valence-corrected chi connectivity index (χ2v) is 7.17. The van der Waals surface area contributed by atoms with E-state index in [9.17, 15) is 5.11 Å². The second-order valence-electron chi connectivity index (χ2n) is 7.17. The van der Waals surface area contributed by atoms with Crippen molar-refractivity contribution in [1.29, 1.82) is 0 Å². The third-order valence-electron chi connectivity index (χ3n) is 5.49. The minimum absolute atomic E-state index is 0.268. The first-order chi connectivity index (χ1) is 9.59. The molecular weight excluding hydrogens is 254 g/mol. The largest absolute Gasteiger partial charge is 0.389 e. The van der Waals surface area contributed by atoms with E-state index in [2.05, 4.69) is 12.2 Å². The molecule has 116 valence electrons. The molecule has 3 aliphatic rings. The maximum absolute atomic E-state index is 10.6. The van der Waals surface area contributed by atoms with Gasteiger partial charge in [0.15, 0.2) is 5.79 Å². The molecule has 2 saturated carbocycles. The topological polar surface area (TPSA) is 50.7 Å². The fourth-order valence-corrected chi connectivity index (χ4v) is 3.86. The standard InChI is InChI=1S/C16H29NO3/c1-13-2-6-15(18,7-3-13)12-17-14-4-8-16(9-5-14)19-10-11-20-16/h13-14,17-18H,2-12H2,1H3. The Hall–Kier alpha value is -0.160. The lowest BCUT2D eigenvalue weighted by molar-refractivity contribution is -0.179. The van der Waals surface area contributed by atoms with Gasteiger partial charge in [-0.2, -0.15) is 0 Å². The van der Waals surface area contributed by atoms with Crippen LogP contribution in [-0.2, 0) is 9.47 Å². The molecule has 0 aromatic rings. The Morgan fingerprint density at radius 1 is 1.00 bits per heavy atom. The van der Waals surface area contributed by atoms with Gasteiger partial charge < -0.3 is 19.9 Å². The van der Waals surface area contributed by atoms with Gasteiger partial charge in [0.05, 0.1) is 18.8 Å². The van der Waals surface area contributed by atoms with Crippen LogP contribution in [-0.4, -0.2) is 42.3 Å². The van der Waals surface area contributed by atoms with Crippen LogP contribution < -0.4 is 5.32 Å². The van der Waals surface area contributed by atoms with Gasteiger partial charge in [-0.15, -0.1) is 0 Å². The molecule has 4 heteroatoms. The van der Waals surface area contributed by atoms with Crippen molar-refractivity contribution in [2.24, 2.45) is 5.92 Å². The van der Waals surface area contributed by atoms with Crippen molar-refractivity contribution in [2.45, 2.75) is 75.7 Å². The average molecular weight is 283 g/mol. The average Bonchev–Trinajstić information content (AvgIpc) is 2.91. The van der Waals surface area contributed by atoms with Crippen LogP contribution in [0.25, 0.3) is 0 Å². The summed E-state index contributed by atoms with van der Waals surface area (Å²) >= 11 is 0. The molecule has 0 amide bonds. The third-order valence-corrected chi connectivity index (χ3v) is 5.49. The van der Waals surface area contributed by atoms with Gasteiger partial charge in [0.25, 0.3) is 0 Å². The van der Waals surface area contributed by atoms with Crippen molar-refractivity contribution in [2.75, 3.05) is 19.8 Å².